The van der Waals surface area contributed by atoms with Crippen molar-refractivity contribution in [3.05, 3.63) is 29.8 Å². The number of nitrogens with one attached hydrogen (secondary N) is 2. The molecule has 0 atom stereocenters. The Morgan fingerprint density at radius 3 is 2.75 bits per heavy atom. The molecule has 7 nitrogen and oxygen atoms in total. The lowest BCUT2D eigenvalue weighted by molar-refractivity contribution is 0.111. The van der Waals surface area contributed by atoms with Gasteiger partial charge in [-0.3, -0.25) is 4.99 Å². The van der Waals surface area contributed by atoms with E-state index in [4.69, 9.17) is 14.5 Å². The summed E-state index contributed by atoms with van der Waals surface area (Å²) in [6.07, 6.45) is 3.39. The zero-order valence-corrected chi connectivity index (χ0v) is 17.4. The van der Waals surface area contributed by atoms with Crippen molar-refractivity contribution in [3.63, 3.8) is 0 Å². The number of rotatable bonds is 8. The molecule has 0 spiro atoms. The highest BCUT2D eigenvalue weighted by Gasteiger charge is 2.23. The van der Waals surface area contributed by atoms with E-state index >= 15 is 0 Å². The molecule has 156 valence electrons. The van der Waals surface area contributed by atoms with Crippen LogP contribution >= 0.6 is 0 Å². The molecule has 1 aromatic carbocycles. The minimum absolute atomic E-state index is 0.246. The Morgan fingerprint density at radius 1 is 1.29 bits per heavy atom. The standard InChI is InChI=1S/C21H34N4O3/c1-4-15-28-19-8-6-7-17(16-19)9-12-23-20(22-5-2)24-18-10-13-25(14-11-18)21(26)27-3/h6-8,16,18H,4-5,9-15H2,1-3H3,(H2,22,23,24). The van der Waals surface area contributed by atoms with Crippen LogP contribution in [0.25, 0.3) is 0 Å². The summed E-state index contributed by atoms with van der Waals surface area (Å²) in [4.78, 5) is 18.1. The first-order valence-electron chi connectivity index (χ1n) is 10.3. The molecule has 0 aliphatic carbocycles. The number of amides is 1. The van der Waals surface area contributed by atoms with Gasteiger partial charge in [-0.05, 0) is 50.3 Å². The van der Waals surface area contributed by atoms with E-state index in [0.29, 0.717) is 25.7 Å². The van der Waals surface area contributed by atoms with Crippen LogP contribution in [0.2, 0.25) is 0 Å². The number of piperidine rings is 1. The van der Waals surface area contributed by atoms with Crippen LogP contribution < -0.4 is 15.4 Å². The van der Waals surface area contributed by atoms with Gasteiger partial charge in [0.25, 0.3) is 0 Å². The van der Waals surface area contributed by atoms with Crippen molar-refractivity contribution < 1.29 is 14.3 Å². The molecule has 1 heterocycles. The fourth-order valence-corrected chi connectivity index (χ4v) is 3.16. The van der Waals surface area contributed by atoms with E-state index in [1.54, 1.807) is 4.90 Å². The minimum Gasteiger partial charge on any atom is -0.494 e. The molecule has 2 N–H and O–H groups in total. The number of aliphatic imine (C=N–C) groups is 1. The quantitative estimate of drug-likeness (QED) is 0.527. The van der Waals surface area contributed by atoms with Gasteiger partial charge in [0.05, 0.1) is 13.7 Å². The van der Waals surface area contributed by atoms with Crippen molar-refractivity contribution in [3.8, 4) is 5.75 Å². The average molecular weight is 391 g/mol. The Hall–Kier alpha value is -2.44. The minimum atomic E-state index is -0.246. The van der Waals surface area contributed by atoms with Gasteiger partial charge in [0.2, 0.25) is 0 Å². The molecule has 0 unspecified atom stereocenters. The molecule has 1 amide bonds. The van der Waals surface area contributed by atoms with Crippen molar-refractivity contribution in [2.24, 2.45) is 4.99 Å². The van der Waals surface area contributed by atoms with Crippen LogP contribution in [-0.4, -0.2) is 62.9 Å². The molecule has 1 aliphatic heterocycles. The maximum Gasteiger partial charge on any atom is 0.409 e. The fourth-order valence-electron chi connectivity index (χ4n) is 3.16. The van der Waals surface area contributed by atoms with Crippen LogP contribution in [0.15, 0.2) is 29.3 Å². The van der Waals surface area contributed by atoms with Crippen molar-refractivity contribution in [1.82, 2.24) is 15.5 Å². The molecule has 1 aliphatic rings. The third-order valence-corrected chi connectivity index (χ3v) is 4.65. The SMILES string of the molecule is CCCOc1cccc(CCN=C(NCC)NC2CCN(C(=O)OC)CC2)c1. The van der Waals surface area contributed by atoms with Gasteiger partial charge in [-0.25, -0.2) is 4.79 Å². The first-order valence-corrected chi connectivity index (χ1v) is 10.3. The molecular formula is C21H34N4O3. The molecule has 1 saturated heterocycles. The van der Waals surface area contributed by atoms with E-state index in [1.807, 2.05) is 12.1 Å². The van der Waals surface area contributed by atoms with Gasteiger partial charge in [-0.15, -0.1) is 0 Å². The highest BCUT2D eigenvalue weighted by atomic mass is 16.5. The smallest absolute Gasteiger partial charge is 0.409 e. The van der Waals surface area contributed by atoms with Crippen molar-refractivity contribution >= 4 is 12.1 Å². The second-order valence-electron chi connectivity index (χ2n) is 6.88. The first kappa shape index (κ1) is 21.9. The van der Waals surface area contributed by atoms with Gasteiger partial charge in [-0.1, -0.05) is 19.1 Å². The topological polar surface area (TPSA) is 75.2 Å². The number of methoxy groups -OCH3 is 1. The maximum absolute atomic E-state index is 11.6. The Kier molecular flexibility index (Phi) is 9.45. The number of likely N-dealkylation sites (tertiary alicyclic amines) is 1. The highest BCUT2D eigenvalue weighted by molar-refractivity contribution is 5.80. The Labute approximate surface area is 168 Å². The van der Waals surface area contributed by atoms with Crippen LogP contribution in [0.3, 0.4) is 0 Å². The lowest BCUT2D eigenvalue weighted by Crippen LogP contribution is -2.49. The number of hydrogen-bond donors (Lipinski definition) is 2. The predicted octanol–water partition coefficient (Wildman–Crippen LogP) is 2.80. The normalized spacial score (nSPS) is 15.2. The zero-order valence-electron chi connectivity index (χ0n) is 17.4. The predicted molar refractivity (Wildman–Crippen MR) is 112 cm³/mol. The summed E-state index contributed by atoms with van der Waals surface area (Å²) in [7, 11) is 1.42. The van der Waals surface area contributed by atoms with Gasteiger partial charge in [-0.2, -0.15) is 0 Å². The number of ether oxygens (including phenoxy) is 2. The molecule has 28 heavy (non-hydrogen) atoms. The monoisotopic (exact) mass is 390 g/mol. The summed E-state index contributed by atoms with van der Waals surface area (Å²) in [5.74, 6) is 1.75. The van der Waals surface area contributed by atoms with Gasteiger partial charge < -0.3 is 25.0 Å². The number of carbonyl (C=O) groups is 1. The van der Waals surface area contributed by atoms with Crippen LogP contribution in [-0.2, 0) is 11.2 Å². The van der Waals surface area contributed by atoms with E-state index in [1.165, 1.54) is 12.7 Å². The molecule has 0 saturated carbocycles. The maximum atomic E-state index is 11.6. The molecule has 1 fully saturated rings. The van der Waals surface area contributed by atoms with Gasteiger partial charge in [0.15, 0.2) is 5.96 Å². The second kappa shape index (κ2) is 12.1. The summed E-state index contributed by atoms with van der Waals surface area (Å²) in [5, 5.41) is 6.80. The van der Waals surface area contributed by atoms with E-state index in [2.05, 4.69) is 36.6 Å². The Bertz CT molecular complexity index is 628. The van der Waals surface area contributed by atoms with Crippen LogP contribution in [0.4, 0.5) is 4.79 Å². The lowest BCUT2D eigenvalue weighted by Gasteiger charge is -2.32. The average Bonchev–Trinajstić information content (AvgIpc) is 2.72. The lowest BCUT2D eigenvalue weighted by atomic mass is 10.1. The van der Waals surface area contributed by atoms with Crippen LogP contribution in [0.1, 0.15) is 38.7 Å². The van der Waals surface area contributed by atoms with Crippen molar-refractivity contribution in [2.75, 3.05) is 39.9 Å². The zero-order chi connectivity index (χ0) is 20.2. The number of hydrogen-bond acceptors (Lipinski definition) is 4. The van der Waals surface area contributed by atoms with Crippen LogP contribution in [0, 0.1) is 0 Å². The summed E-state index contributed by atoms with van der Waals surface area (Å²) in [6, 6.07) is 8.53. The summed E-state index contributed by atoms with van der Waals surface area (Å²) in [6.45, 7) is 7.83. The number of carbonyl (C=O) groups excluding carboxylic acids is 1. The fraction of sp³-hybridized carbons (Fsp3) is 0.619. The molecular weight excluding hydrogens is 356 g/mol. The Morgan fingerprint density at radius 2 is 2.07 bits per heavy atom. The molecule has 7 heteroatoms. The Balaban J connectivity index is 1.83. The summed E-state index contributed by atoms with van der Waals surface area (Å²) in [5.41, 5.74) is 1.22. The van der Waals surface area contributed by atoms with Crippen molar-refractivity contribution in [1.29, 1.82) is 0 Å². The number of benzene rings is 1. The van der Waals surface area contributed by atoms with E-state index in [-0.39, 0.29) is 6.09 Å². The molecule has 0 aromatic heterocycles. The molecule has 2 rings (SSSR count). The van der Waals surface area contributed by atoms with E-state index in [0.717, 1.165) is 50.5 Å². The van der Waals surface area contributed by atoms with Gasteiger partial charge >= 0.3 is 6.09 Å². The summed E-state index contributed by atoms with van der Waals surface area (Å²) < 4.78 is 10.5. The van der Waals surface area contributed by atoms with E-state index < -0.39 is 0 Å². The summed E-state index contributed by atoms with van der Waals surface area (Å²) >= 11 is 0. The third-order valence-electron chi connectivity index (χ3n) is 4.65. The first-order chi connectivity index (χ1) is 13.7. The van der Waals surface area contributed by atoms with Gasteiger partial charge in [0.1, 0.15) is 5.75 Å². The number of guanidine groups is 1. The van der Waals surface area contributed by atoms with Gasteiger partial charge in [0, 0.05) is 32.2 Å². The molecule has 1 aromatic rings. The highest BCUT2D eigenvalue weighted by Crippen LogP contribution is 2.14. The molecule has 0 bridgehead atoms. The van der Waals surface area contributed by atoms with Crippen molar-refractivity contribution in [2.45, 2.75) is 45.6 Å². The largest absolute Gasteiger partial charge is 0.494 e. The third kappa shape index (κ3) is 7.29. The number of nitrogens with zero attached hydrogens (tertiary/aromatic N) is 2. The van der Waals surface area contributed by atoms with E-state index in [9.17, 15) is 4.79 Å². The second-order valence-corrected chi connectivity index (χ2v) is 6.88. The van der Waals surface area contributed by atoms with Crippen LogP contribution in [0.5, 0.6) is 5.75 Å². The molecule has 0 radical (unpaired) electrons.